The van der Waals surface area contributed by atoms with Crippen molar-refractivity contribution in [3.05, 3.63) is 12.2 Å². The lowest BCUT2D eigenvalue weighted by Crippen LogP contribution is -2.46. The zero-order valence-electron chi connectivity index (χ0n) is 42.1. The number of aliphatic hydroxyl groups is 1. The fourth-order valence-corrected chi connectivity index (χ4v) is 8.94. The number of amides is 1. The molecular weight excluding hydrogens is 792 g/mol. The molecule has 370 valence electrons. The number of phosphoric acid groups is 1. The molecule has 0 aromatic carbocycles. The van der Waals surface area contributed by atoms with Crippen molar-refractivity contribution in [2.45, 2.75) is 283 Å². The smallest absolute Gasteiger partial charge is 0.268 e. The van der Waals surface area contributed by atoms with E-state index in [1.807, 2.05) is 21.1 Å². The molecule has 3 atom stereocenters. The maximum Gasteiger partial charge on any atom is 0.268 e. The van der Waals surface area contributed by atoms with Crippen molar-refractivity contribution < 1.29 is 32.9 Å². The molecule has 0 rings (SSSR count). The molecule has 0 aromatic rings. The number of rotatable bonds is 50. The minimum atomic E-state index is -4.57. The van der Waals surface area contributed by atoms with Gasteiger partial charge in [-0.1, -0.05) is 238 Å². The van der Waals surface area contributed by atoms with Gasteiger partial charge in [0.2, 0.25) is 5.91 Å². The minimum absolute atomic E-state index is 0.0127. The Morgan fingerprint density at radius 1 is 0.548 bits per heavy atom. The Morgan fingerprint density at radius 2 is 0.887 bits per heavy atom. The molecule has 62 heavy (non-hydrogen) atoms. The van der Waals surface area contributed by atoms with Gasteiger partial charge in [0.05, 0.1) is 39.9 Å². The number of unbranched alkanes of at least 4 members (excludes halogenated alkanes) is 35. The molecule has 0 heterocycles. The van der Waals surface area contributed by atoms with Crippen LogP contribution in [0.25, 0.3) is 0 Å². The summed E-state index contributed by atoms with van der Waals surface area (Å²) >= 11 is 0. The Balaban J connectivity index is 4.09. The summed E-state index contributed by atoms with van der Waals surface area (Å²) in [7, 11) is 1.31. The van der Waals surface area contributed by atoms with E-state index in [-0.39, 0.29) is 19.1 Å². The Bertz CT molecular complexity index is 1020. The normalized spacial score (nSPS) is 14.1. The van der Waals surface area contributed by atoms with Crippen LogP contribution in [-0.4, -0.2) is 68.5 Å². The number of carbonyl (C=O) groups excluding carboxylic acids is 1. The summed E-state index contributed by atoms with van der Waals surface area (Å²) < 4.78 is 23.3. The van der Waals surface area contributed by atoms with Crippen LogP contribution < -0.4 is 10.2 Å². The topological polar surface area (TPSA) is 108 Å². The highest BCUT2D eigenvalue weighted by molar-refractivity contribution is 7.45. The molecule has 3 unspecified atom stereocenters. The fraction of sp³-hybridized carbons (Fsp3) is 0.943. The Kier molecular flexibility index (Phi) is 44.8. The molecule has 0 saturated carbocycles. The van der Waals surface area contributed by atoms with Crippen LogP contribution in [0.3, 0.4) is 0 Å². The zero-order chi connectivity index (χ0) is 45.7. The number of likely N-dealkylation sites (N-methyl/N-ethyl adjacent to an activating group) is 1. The van der Waals surface area contributed by atoms with E-state index in [4.69, 9.17) is 9.05 Å². The summed E-state index contributed by atoms with van der Waals surface area (Å²) in [4.78, 5) is 25.4. The van der Waals surface area contributed by atoms with E-state index in [1.54, 1.807) is 0 Å². The first kappa shape index (κ1) is 61.2. The van der Waals surface area contributed by atoms with E-state index in [0.717, 1.165) is 51.4 Å². The van der Waals surface area contributed by atoms with Gasteiger partial charge in [0.15, 0.2) is 0 Å². The van der Waals surface area contributed by atoms with E-state index in [0.29, 0.717) is 23.9 Å². The van der Waals surface area contributed by atoms with Gasteiger partial charge >= 0.3 is 0 Å². The monoisotopic (exact) mass is 899 g/mol. The SMILES string of the molecule is CCCCCC/C=C\CCCCCCCC(=O)NC(COP(=O)([O-])OCC[N+](C)(C)C)C(O)CCCCCCCCCCCCCCCCCCCCCCCCCCCCC. The van der Waals surface area contributed by atoms with Crippen molar-refractivity contribution in [2.24, 2.45) is 0 Å². The number of aliphatic hydroxyl groups excluding tert-OH is 1. The molecule has 0 aliphatic carbocycles. The van der Waals surface area contributed by atoms with E-state index in [1.165, 1.54) is 193 Å². The molecule has 2 N–H and O–H groups in total. The standard InChI is InChI=1S/C53H107N2O6P/c1-6-8-10-12-14-16-18-20-21-22-23-24-25-26-27-28-29-30-31-32-33-35-36-38-40-42-44-46-52(56)51(50-61-62(58,59)60-49-48-55(3,4)5)54-53(57)47-45-43-41-39-37-34-19-17-15-13-11-9-7-2/h17,19,51-52,56H,6-16,18,20-50H2,1-5H3,(H-,54,57,58,59)/b19-17-. The molecule has 0 aliphatic heterocycles. The third-order valence-electron chi connectivity index (χ3n) is 12.5. The van der Waals surface area contributed by atoms with Gasteiger partial charge in [-0.15, -0.1) is 0 Å². The number of phosphoric ester groups is 1. The quantitative estimate of drug-likeness (QED) is 0.0272. The van der Waals surface area contributed by atoms with E-state index < -0.39 is 20.0 Å². The molecule has 0 radical (unpaired) electrons. The van der Waals surface area contributed by atoms with Gasteiger partial charge in [0.1, 0.15) is 13.2 Å². The van der Waals surface area contributed by atoms with E-state index in [2.05, 4.69) is 31.3 Å². The van der Waals surface area contributed by atoms with Crippen LogP contribution in [-0.2, 0) is 18.4 Å². The summed E-state index contributed by atoms with van der Waals surface area (Å²) in [5, 5.41) is 14.0. The first-order valence-electron chi connectivity index (χ1n) is 27.0. The summed E-state index contributed by atoms with van der Waals surface area (Å²) in [5.74, 6) is -0.171. The molecular formula is C53H107N2O6P. The van der Waals surface area contributed by atoms with Crippen LogP contribution in [0.4, 0.5) is 0 Å². The van der Waals surface area contributed by atoms with Crippen molar-refractivity contribution in [3.8, 4) is 0 Å². The van der Waals surface area contributed by atoms with E-state index in [9.17, 15) is 19.4 Å². The maximum absolute atomic E-state index is 12.9. The Morgan fingerprint density at radius 3 is 1.27 bits per heavy atom. The molecule has 0 spiro atoms. The van der Waals surface area contributed by atoms with Crippen LogP contribution in [0.15, 0.2) is 12.2 Å². The van der Waals surface area contributed by atoms with Crippen molar-refractivity contribution in [1.82, 2.24) is 5.32 Å². The number of hydrogen-bond acceptors (Lipinski definition) is 6. The number of carbonyl (C=O) groups is 1. The van der Waals surface area contributed by atoms with Gasteiger partial charge in [-0.3, -0.25) is 9.36 Å². The van der Waals surface area contributed by atoms with Crippen molar-refractivity contribution >= 4 is 13.7 Å². The highest BCUT2D eigenvalue weighted by Gasteiger charge is 2.24. The second-order valence-electron chi connectivity index (χ2n) is 19.9. The molecule has 0 bridgehead atoms. The summed E-state index contributed by atoms with van der Waals surface area (Å²) in [5.41, 5.74) is 0. The third kappa shape index (κ3) is 47.2. The molecule has 0 fully saturated rings. The predicted octanol–water partition coefficient (Wildman–Crippen LogP) is 15.2. The van der Waals surface area contributed by atoms with Gasteiger partial charge in [0, 0.05) is 6.42 Å². The molecule has 1 amide bonds. The minimum Gasteiger partial charge on any atom is -0.756 e. The highest BCUT2D eigenvalue weighted by atomic mass is 31.2. The van der Waals surface area contributed by atoms with Gasteiger partial charge in [-0.25, -0.2) is 0 Å². The van der Waals surface area contributed by atoms with Crippen LogP contribution in [0, 0.1) is 0 Å². The van der Waals surface area contributed by atoms with Crippen molar-refractivity contribution in [2.75, 3.05) is 40.9 Å². The van der Waals surface area contributed by atoms with Crippen LogP contribution in [0.2, 0.25) is 0 Å². The molecule has 8 nitrogen and oxygen atoms in total. The van der Waals surface area contributed by atoms with Crippen LogP contribution >= 0.6 is 7.82 Å². The number of nitrogens with zero attached hydrogens (tertiary/aromatic N) is 1. The summed E-state index contributed by atoms with van der Waals surface area (Å²) in [6.45, 7) is 4.73. The van der Waals surface area contributed by atoms with Gasteiger partial charge < -0.3 is 28.8 Å². The number of quaternary nitrogens is 1. The summed E-state index contributed by atoms with van der Waals surface area (Å²) in [6, 6.07) is -0.801. The Labute approximate surface area is 386 Å². The number of nitrogens with one attached hydrogen (secondary N) is 1. The van der Waals surface area contributed by atoms with Gasteiger partial charge in [-0.05, 0) is 38.5 Å². The molecule has 0 aliphatic rings. The molecule has 0 saturated heterocycles. The predicted molar refractivity (Wildman–Crippen MR) is 266 cm³/mol. The van der Waals surface area contributed by atoms with Crippen LogP contribution in [0.1, 0.15) is 271 Å². The number of allylic oxidation sites excluding steroid dienone is 2. The maximum atomic E-state index is 12.9. The average molecular weight is 899 g/mol. The third-order valence-corrected chi connectivity index (χ3v) is 13.5. The molecule has 0 aromatic heterocycles. The van der Waals surface area contributed by atoms with E-state index >= 15 is 0 Å². The van der Waals surface area contributed by atoms with Crippen molar-refractivity contribution in [1.29, 1.82) is 0 Å². The van der Waals surface area contributed by atoms with Gasteiger partial charge in [0.25, 0.3) is 7.82 Å². The number of hydrogen-bond donors (Lipinski definition) is 2. The second-order valence-corrected chi connectivity index (χ2v) is 21.4. The lowest BCUT2D eigenvalue weighted by molar-refractivity contribution is -0.870. The lowest BCUT2D eigenvalue weighted by Gasteiger charge is -2.30. The molecule has 9 heteroatoms. The average Bonchev–Trinajstić information content (AvgIpc) is 3.23. The first-order valence-corrected chi connectivity index (χ1v) is 28.5. The lowest BCUT2D eigenvalue weighted by atomic mass is 10.0. The first-order chi connectivity index (χ1) is 30.0. The van der Waals surface area contributed by atoms with Crippen molar-refractivity contribution in [3.63, 3.8) is 0 Å². The second kappa shape index (κ2) is 45.4. The summed E-state index contributed by atoms with van der Waals surface area (Å²) in [6.07, 6.45) is 53.9. The highest BCUT2D eigenvalue weighted by Crippen LogP contribution is 2.38. The van der Waals surface area contributed by atoms with Gasteiger partial charge in [-0.2, -0.15) is 0 Å². The van der Waals surface area contributed by atoms with Crippen LogP contribution in [0.5, 0.6) is 0 Å². The Hall–Kier alpha value is -0.760. The zero-order valence-corrected chi connectivity index (χ0v) is 43.0. The largest absolute Gasteiger partial charge is 0.756 e. The fourth-order valence-electron chi connectivity index (χ4n) is 8.21.